The Labute approximate surface area is 125 Å². The highest BCUT2D eigenvalue weighted by Crippen LogP contribution is 2.25. The average molecular weight is 298 g/mol. The monoisotopic (exact) mass is 298 g/mol. The van der Waals surface area contributed by atoms with Crippen LogP contribution in [0.3, 0.4) is 0 Å². The molecule has 1 rings (SSSR count). The first-order valence-corrected chi connectivity index (χ1v) is 7.43. The van der Waals surface area contributed by atoms with E-state index in [0.717, 1.165) is 12.8 Å². The first kappa shape index (κ1) is 17.5. The third kappa shape index (κ3) is 5.73. The molecule has 6 nitrogen and oxygen atoms in total. The number of carbonyl (C=O) groups excluding carboxylic acids is 2. The van der Waals surface area contributed by atoms with Gasteiger partial charge >= 0.3 is 12.0 Å². The number of rotatable bonds is 4. The van der Waals surface area contributed by atoms with E-state index in [4.69, 9.17) is 5.11 Å². The molecule has 120 valence electrons. The van der Waals surface area contributed by atoms with Crippen LogP contribution in [0.5, 0.6) is 0 Å². The van der Waals surface area contributed by atoms with Crippen LogP contribution >= 0.6 is 0 Å². The van der Waals surface area contributed by atoms with Crippen LogP contribution in [0.15, 0.2) is 0 Å². The first-order chi connectivity index (χ1) is 9.60. The van der Waals surface area contributed by atoms with Gasteiger partial charge in [-0.15, -0.1) is 0 Å². The van der Waals surface area contributed by atoms with Crippen LogP contribution in [0.25, 0.3) is 0 Å². The molecule has 0 aromatic rings. The van der Waals surface area contributed by atoms with Crippen LogP contribution in [-0.4, -0.2) is 40.5 Å². The van der Waals surface area contributed by atoms with Crippen LogP contribution in [0, 0.1) is 11.3 Å². The van der Waals surface area contributed by atoms with Crippen LogP contribution in [0.1, 0.15) is 53.4 Å². The minimum Gasteiger partial charge on any atom is -0.481 e. The van der Waals surface area contributed by atoms with Gasteiger partial charge in [-0.25, -0.2) is 4.79 Å². The van der Waals surface area contributed by atoms with E-state index in [1.54, 1.807) is 18.7 Å². The summed E-state index contributed by atoms with van der Waals surface area (Å²) in [5.74, 6) is -0.774. The summed E-state index contributed by atoms with van der Waals surface area (Å²) in [6, 6.07) is -0.251. The van der Waals surface area contributed by atoms with E-state index < -0.39 is 17.3 Å². The molecule has 0 aliphatic carbocycles. The van der Waals surface area contributed by atoms with Gasteiger partial charge in [0.05, 0.1) is 6.42 Å². The highest BCUT2D eigenvalue weighted by Gasteiger charge is 2.30. The zero-order chi connectivity index (χ0) is 16.2. The van der Waals surface area contributed by atoms with Crippen molar-refractivity contribution < 1.29 is 19.5 Å². The second kappa shape index (κ2) is 6.91. The molecule has 2 N–H and O–H groups in total. The molecule has 2 unspecified atom stereocenters. The average Bonchev–Trinajstić information content (AvgIpc) is 2.24. The maximum atomic E-state index is 12.1. The number of imide groups is 1. The van der Waals surface area contributed by atoms with Crippen molar-refractivity contribution in [3.63, 3.8) is 0 Å². The minimum absolute atomic E-state index is 0.0175. The van der Waals surface area contributed by atoms with Crippen molar-refractivity contribution in [1.82, 2.24) is 10.2 Å². The Morgan fingerprint density at radius 2 is 1.86 bits per heavy atom. The maximum absolute atomic E-state index is 12.1. The standard InChI is InChI=1S/C15H26N2O4/c1-10-5-6-17(11(2)7-10)14(21)16-12(18)8-15(3,4)9-13(19)20/h10-11H,5-9H2,1-4H3,(H,19,20)(H,16,18,21). The number of carboxylic acids is 1. The predicted molar refractivity (Wildman–Crippen MR) is 78.8 cm³/mol. The molecule has 1 heterocycles. The van der Waals surface area contributed by atoms with Crippen LogP contribution < -0.4 is 5.32 Å². The first-order valence-electron chi connectivity index (χ1n) is 7.43. The van der Waals surface area contributed by atoms with Crippen molar-refractivity contribution in [1.29, 1.82) is 0 Å². The second-order valence-corrected chi connectivity index (χ2v) is 6.94. The molecule has 6 heteroatoms. The molecular formula is C15H26N2O4. The second-order valence-electron chi connectivity index (χ2n) is 6.94. The lowest BCUT2D eigenvalue weighted by atomic mass is 9.85. The Morgan fingerprint density at radius 1 is 1.24 bits per heavy atom. The molecule has 21 heavy (non-hydrogen) atoms. The van der Waals surface area contributed by atoms with Crippen LogP contribution in [-0.2, 0) is 9.59 Å². The molecule has 1 saturated heterocycles. The summed E-state index contributed by atoms with van der Waals surface area (Å²) >= 11 is 0. The van der Waals surface area contributed by atoms with Gasteiger partial charge in [0.1, 0.15) is 0 Å². The number of likely N-dealkylation sites (tertiary alicyclic amines) is 1. The third-order valence-electron chi connectivity index (χ3n) is 3.91. The number of amides is 3. The van der Waals surface area contributed by atoms with Gasteiger partial charge in [-0.1, -0.05) is 20.8 Å². The SMILES string of the molecule is CC1CCN(C(=O)NC(=O)CC(C)(C)CC(=O)O)C(C)C1. The fourth-order valence-corrected chi connectivity index (χ4v) is 2.85. The van der Waals surface area contributed by atoms with Gasteiger partial charge < -0.3 is 10.0 Å². The summed E-state index contributed by atoms with van der Waals surface area (Å²) in [6.07, 6.45) is 1.79. The number of hydrogen-bond donors (Lipinski definition) is 2. The summed E-state index contributed by atoms with van der Waals surface area (Å²) in [6.45, 7) is 8.20. The fourth-order valence-electron chi connectivity index (χ4n) is 2.85. The molecule has 0 saturated carbocycles. The number of aliphatic carboxylic acids is 1. The van der Waals surface area contributed by atoms with Crippen LogP contribution in [0.2, 0.25) is 0 Å². The summed E-state index contributed by atoms with van der Waals surface area (Å²) in [7, 11) is 0. The molecule has 3 amide bonds. The molecule has 1 fully saturated rings. The molecule has 0 radical (unpaired) electrons. The maximum Gasteiger partial charge on any atom is 0.324 e. The molecule has 0 aromatic heterocycles. The Bertz CT molecular complexity index is 420. The number of nitrogens with one attached hydrogen (secondary N) is 1. The molecule has 1 aliphatic rings. The number of urea groups is 1. The van der Waals surface area contributed by atoms with Crippen molar-refractivity contribution in [3.05, 3.63) is 0 Å². The van der Waals surface area contributed by atoms with Crippen molar-refractivity contribution in [2.45, 2.75) is 59.4 Å². The number of hydrogen-bond acceptors (Lipinski definition) is 3. The lowest BCUT2D eigenvalue weighted by Crippen LogP contribution is -2.50. The summed E-state index contributed by atoms with van der Waals surface area (Å²) < 4.78 is 0. The molecule has 0 bridgehead atoms. The van der Waals surface area contributed by atoms with Gasteiger partial charge in [0, 0.05) is 19.0 Å². The molecule has 0 aromatic carbocycles. The van der Waals surface area contributed by atoms with E-state index in [0.29, 0.717) is 12.5 Å². The van der Waals surface area contributed by atoms with Crippen LogP contribution in [0.4, 0.5) is 4.79 Å². The summed E-state index contributed by atoms with van der Waals surface area (Å²) in [5, 5.41) is 11.2. The lowest BCUT2D eigenvalue weighted by Gasteiger charge is -2.36. The van der Waals surface area contributed by atoms with Crippen molar-refractivity contribution in [3.8, 4) is 0 Å². The van der Waals surface area contributed by atoms with Gasteiger partial charge in [0.25, 0.3) is 0 Å². The summed E-state index contributed by atoms with van der Waals surface area (Å²) in [4.78, 5) is 36.4. The Morgan fingerprint density at radius 3 is 2.38 bits per heavy atom. The number of carboxylic acid groups (broad SMARTS) is 1. The summed E-state index contributed by atoms with van der Waals surface area (Å²) in [5.41, 5.74) is -0.668. The minimum atomic E-state index is -0.947. The fraction of sp³-hybridized carbons (Fsp3) is 0.800. The number of carbonyl (C=O) groups is 3. The quantitative estimate of drug-likeness (QED) is 0.833. The van der Waals surface area contributed by atoms with Gasteiger partial charge in [0.2, 0.25) is 5.91 Å². The topological polar surface area (TPSA) is 86.7 Å². The van der Waals surface area contributed by atoms with Crippen molar-refractivity contribution >= 4 is 17.9 Å². The molecule has 1 aliphatic heterocycles. The van der Waals surface area contributed by atoms with E-state index in [9.17, 15) is 14.4 Å². The van der Waals surface area contributed by atoms with Crippen molar-refractivity contribution in [2.75, 3.05) is 6.54 Å². The molecule has 0 spiro atoms. The Kier molecular flexibility index (Phi) is 5.75. The van der Waals surface area contributed by atoms with E-state index in [1.165, 1.54) is 0 Å². The van der Waals surface area contributed by atoms with E-state index in [-0.39, 0.29) is 24.9 Å². The number of nitrogens with zero attached hydrogens (tertiary/aromatic N) is 1. The highest BCUT2D eigenvalue weighted by atomic mass is 16.4. The Balaban J connectivity index is 2.51. The zero-order valence-corrected chi connectivity index (χ0v) is 13.3. The predicted octanol–water partition coefficient (Wildman–Crippen LogP) is 2.23. The van der Waals surface area contributed by atoms with Gasteiger partial charge in [0.15, 0.2) is 0 Å². The van der Waals surface area contributed by atoms with E-state index in [1.807, 2.05) is 6.92 Å². The third-order valence-corrected chi connectivity index (χ3v) is 3.91. The molecule has 2 atom stereocenters. The van der Waals surface area contributed by atoms with Crippen molar-refractivity contribution in [2.24, 2.45) is 11.3 Å². The van der Waals surface area contributed by atoms with Gasteiger partial charge in [-0.2, -0.15) is 0 Å². The van der Waals surface area contributed by atoms with E-state index in [2.05, 4.69) is 12.2 Å². The smallest absolute Gasteiger partial charge is 0.324 e. The highest BCUT2D eigenvalue weighted by molar-refractivity contribution is 5.94. The molecular weight excluding hydrogens is 272 g/mol. The van der Waals surface area contributed by atoms with Gasteiger partial charge in [-0.05, 0) is 31.1 Å². The Hall–Kier alpha value is -1.59. The lowest BCUT2D eigenvalue weighted by molar-refractivity contribution is -0.139. The normalized spacial score (nSPS) is 22.8. The zero-order valence-electron chi connectivity index (χ0n) is 13.3. The number of piperidine rings is 1. The van der Waals surface area contributed by atoms with Gasteiger partial charge in [-0.3, -0.25) is 14.9 Å². The van der Waals surface area contributed by atoms with E-state index >= 15 is 0 Å². The largest absolute Gasteiger partial charge is 0.481 e.